The van der Waals surface area contributed by atoms with E-state index in [2.05, 4.69) is 14.9 Å². The third-order valence-electron chi connectivity index (χ3n) is 3.80. The van der Waals surface area contributed by atoms with Crippen LogP contribution in [0.25, 0.3) is 0 Å². The van der Waals surface area contributed by atoms with E-state index in [1.165, 1.54) is 12.1 Å². The minimum absolute atomic E-state index is 0.112. The van der Waals surface area contributed by atoms with Crippen molar-refractivity contribution >= 4 is 34.8 Å². The van der Waals surface area contributed by atoms with Crippen LogP contribution in [0.1, 0.15) is 16.1 Å². The number of carbonyl (C=O) groups excluding carboxylic acids is 1. The van der Waals surface area contributed by atoms with Crippen LogP contribution in [0.5, 0.6) is 0 Å². The predicted octanol–water partition coefficient (Wildman–Crippen LogP) is 2.62. The van der Waals surface area contributed by atoms with Crippen molar-refractivity contribution in [1.82, 2.24) is 14.9 Å². The highest BCUT2D eigenvalue weighted by molar-refractivity contribution is 6.33. The maximum atomic E-state index is 12.5. The Labute approximate surface area is 149 Å². The molecule has 8 heteroatoms. The Morgan fingerprint density at radius 3 is 2.33 bits per heavy atom. The van der Waals surface area contributed by atoms with Gasteiger partial charge in [0, 0.05) is 31.7 Å². The lowest BCUT2D eigenvalue weighted by Crippen LogP contribution is -2.48. The van der Waals surface area contributed by atoms with Crippen molar-refractivity contribution in [3.05, 3.63) is 52.0 Å². The fourth-order valence-electron chi connectivity index (χ4n) is 2.58. The summed E-state index contributed by atoms with van der Waals surface area (Å²) in [6.07, 6.45) is 1.68. The number of hydrogen-bond acceptors (Lipinski definition) is 5. The summed E-state index contributed by atoms with van der Waals surface area (Å²) in [6.45, 7) is 2.53. The number of pyridine rings is 2. The lowest BCUT2D eigenvalue weighted by molar-refractivity contribution is 0.0746. The van der Waals surface area contributed by atoms with Crippen LogP contribution in [0.3, 0.4) is 0 Å². The molecule has 1 aliphatic heterocycles. The molecule has 2 aromatic heterocycles. The van der Waals surface area contributed by atoms with Crippen LogP contribution in [0.15, 0.2) is 30.5 Å². The van der Waals surface area contributed by atoms with Crippen molar-refractivity contribution in [1.29, 1.82) is 5.26 Å². The molecule has 1 saturated heterocycles. The van der Waals surface area contributed by atoms with E-state index < -0.39 is 0 Å². The van der Waals surface area contributed by atoms with Crippen molar-refractivity contribution in [2.45, 2.75) is 0 Å². The second-order valence-electron chi connectivity index (χ2n) is 5.29. The number of amides is 1. The highest BCUT2D eigenvalue weighted by atomic mass is 35.5. The van der Waals surface area contributed by atoms with Crippen LogP contribution in [-0.4, -0.2) is 47.0 Å². The van der Waals surface area contributed by atoms with E-state index in [-0.39, 0.29) is 16.2 Å². The van der Waals surface area contributed by atoms with Crippen LogP contribution < -0.4 is 4.90 Å². The summed E-state index contributed by atoms with van der Waals surface area (Å²) in [4.78, 5) is 24.4. The molecule has 0 bridgehead atoms. The summed E-state index contributed by atoms with van der Waals surface area (Å²) in [5.74, 6) is -0.112. The van der Waals surface area contributed by atoms with Crippen molar-refractivity contribution < 1.29 is 4.79 Å². The smallest absolute Gasteiger partial charge is 0.254 e. The van der Waals surface area contributed by atoms with Crippen LogP contribution in [0, 0.1) is 11.3 Å². The quantitative estimate of drug-likeness (QED) is 0.768. The van der Waals surface area contributed by atoms with Crippen molar-refractivity contribution in [2.24, 2.45) is 0 Å². The Bertz CT molecular complexity index is 775. The molecule has 1 aliphatic rings. The first-order chi connectivity index (χ1) is 11.6. The van der Waals surface area contributed by atoms with Gasteiger partial charge < -0.3 is 9.80 Å². The van der Waals surface area contributed by atoms with Gasteiger partial charge in [-0.05, 0) is 24.3 Å². The summed E-state index contributed by atoms with van der Waals surface area (Å²) in [5, 5.41) is 9.19. The SMILES string of the molecule is N#Cc1ccc(N2CCN(C(=O)c3cc(Cl)nc(Cl)c3)CC2)cn1. The Morgan fingerprint density at radius 1 is 1.12 bits per heavy atom. The molecule has 1 amide bonds. The Morgan fingerprint density at radius 2 is 1.79 bits per heavy atom. The molecular formula is C16H13Cl2N5O. The molecule has 2 aromatic rings. The Kier molecular flexibility index (Phi) is 4.84. The zero-order chi connectivity index (χ0) is 17.1. The van der Waals surface area contributed by atoms with Crippen molar-refractivity contribution in [2.75, 3.05) is 31.1 Å². The van der Waals surface area contributed by atoms with Crippen LogP contribution in [-0.2, 0) is 0 Å². The first-order valence-corrected chi connectivity index (χ1v) is 8.06. The zero-order valence-electron chi connectivity index (χ0n) is 12.6. The molecule has 3 rings (SSSR count). The number of nitrogens with zero attached hydrogens (tertiary/aromatic N) is 5. The molecular weight excluding hydrogens is 349 g/mol. The normalized spacial score (nSPS) is 14.4. The Hall–Kier alpha value is -2.36. The number of anilines is 1. The van der Waals surface area contributed by atoms with E-state index in [4.69, 9.17) is 28.5 Å². The summed E-state index contributed by atoms with van der Waals surface area (Å²) >= 11 is 11.7. The molecule has 122 valence electrons. The molecule has 24 heavy (non-hydrogen) atoms. The van der Waals surface area contributed by atoms with E-state index in [9.17, 15) is 4.79 Å². The second kappa shape index (κ2) is 7.04. The molecule has 0 aromatic carbocycles. The van der Waals surface area contributed by atoms with Gasteiger partial charge in [0.1, 0.15) is 22.1 Å². The van der Waals surface area contributed by atoms with E-state index in [1.807, 2.05) is 12.1 Å². The average Bonchev–Trinajstić information content (AvgIpc) is 2.60. The number of nitriles is 1. The minimum atomic E-state index is -0.112. The van der Waals surface area contributed by atoms with E-state index >= 15 is 0 Å². The second-order valence-corrected chi connectivity index (χ2v) is 6.07. The summed E-state index contributed by atoms with van der Waals surface area (Å²) < 4.78 is 0. The molecule has 3 heterocycles. The highest BCUT2D eigenvalue weighted by Crippen LogP contribution is 2.19. The highest BCUT2D eigenvalue weighted by Gasteiger charge is 2.23. The monoisotopic (exact) mass is 361 g/mol. The zero-order valence-corrected chi connectivity index (χ0v) is 14.1. The van der Waals surface area contributed by atoms with E-state index in [0.717, 1.165) is 5.69 Å². The van der Waals surface area contributed by atoms with Crippen LogP contribution in [0.2, 0.25) is 10.3 Å². The van der Waals surface area contributed by atoms with Gasteiger partial charge in [0.25, 0.3) is 5.91 Å². The maximum Gasteiger partial charge on any atom is 0.254 e. The lowest BCUT2D eigenvalue weighted by Gasteiger charge is -2.36. The average molecular weight is 362 g/mol. The molecule has 0 saturated carbocycles. The molecule has 0 unspecified atom stereocenters. The largest absolute Gasteiger partial charge is 0.367 e. The standard InChI is InChI=1S/C16H13Cl2N5O/c17-14-7-11(8-15(18)21-14)16(24)23-5-3-22(4-6-23)13-2-1-12(9-19)20-10-13/h1-2,7-8,10H,3-6H2. The fourth-order valence-corrected chi connectivity index (χ4v) is 3.04. The van der Waals surface area contributed by atoms with E-state index in [1.54, 1.807) is 17.2 Å². The summed E-state index contributed by atoms with van der Waals surface area (Å²) in [6, 6.07) is 8.59. The molecule has 0 atom stereocenters. The van der Waals surface area contributed by atoms with Crippen LogP contribution >= 0.6 is 23.2 Å². The first-order valence-electron chi connectivity index (χ1n) is 7.30. The molecule has 6 nitrogen and oxygen atoms in total. The van der Waals surface area contributed by atoms with Crippen molar-refractivity contribution in [3.8, 4) is 6.07 Å². The minimum Gasteiger partial charge on any atom is -0.367 e. The third kappa shape index (κ3) is 3.58. The molecule has 1 fully saturated rings. The third-order valence-corrected chi connectivity index (χ3v) is 4.19. The Balaban J connectivity index is 1.66. The number of halogens is 2. The number of rotatable bonds is 2. The van der Waals surface area contributed by atoms with Gasteiger partial charge in [-0.1, -0.05) is 23.2 Å². The van der Waals surface area contributed by atoms with Gasteiger partial charge in [-0.3, -0.25) is 4.79 Å². The lowest BCUT2D eigenvalue weighted by atomic mass is 10.2. The van der Waals surface area contributed by atoms with Gasteiger partial charge in [-0.15, -0.1) is 0 Å². The first kappa shape index (κ1) is 16.5. The van der Waals surface area contributed by atoms with Crippen molar-refractivity contribution in [3.63, 3.8) is 0 Å². The molecule has 0 spiro atoms. The topological polar surface area (TPSA) is 73.1 Å². The number of piperazine rings is 1. The molecule has 0 N–H and O–H groups in total. The van der Waals surface area contributed by atoms with Gasteiger partial charge in [0.2, 0.25) is 0 Å². The van der Waals surface area contributed by atoms with Gasteiger partial charge in [-0.25, -0.2) is 9.97 Å². The molecule has 0 radical (unpaired) electrons. The number of carbonyl (C=O) groups is 1. The van der Waals surface area contributed by atoms with E-state index in [0.29, 0.717) is 37.4 Å². The maximum absolute atomic E-state index is 12.5. The van der Waals surface area contributed by atoms with Gasteiger partial charge in [0.15, 0.2) is 0 Å². The summed E-state index contributed by atoms with van der Waals surface area (Å²) in [5.41, 5.74) is 1.77. The van der Waals surface area contributed by atoms with Gasteiger partial charge in [-0.2, -0.15) is 5.26 Å². The van der Waals surface area contributed by atoms with Gasteiger partial charge in [0.05, 0.1) is 11.9 Å². The van der Waals surface area contributed by atoms with Gasteiger partial charge >= 0.3 is 0 Å². The summed E-state index contributed by atoms with van der Waals surface area (Å²) in [7, 11) is 0. The molecule has 0 aliphatic carbocycles. The predicted molar refractivity (Wildman–Crippen MR) is 91.3 cm³/mol. The number of hydrogen-bond donors (Lipinski definition) is 0. The fraction of sp³-hybridized carbons (Fsp3) is 0.250. The number of aromatic nitrogens is 2. The van der Waals surface area contributed by atoms with Crippen LogP contribution in [0.4, 0.5) is 5.69 Å².